The Morgan fingerprint density at radius 3 is 3.06 bits per heavy atom. The summed E-state index contributed by atoms with van der Waals surface area (Å²) in [6.45, 7) is 1.01. The van der Waals surface area contributed by atoms with Crippen molar-refractivity contribution >= 4 is 17.4 Å². The summed E-state index contributed by atoms with van der Waals surface area (Å²) in [7, 11) is 1.58. The van der Waals surface area contributed by atoms with Crippen molar-refractivity contribution in [3.63, 3.8) is 0 Å². The molecular formula is C10H13ClN6O. The normalized spacial score (nSPS) is 10.6. The minimum Gasteiger partial charge on any atom is -0.377 e. The Labute approximate surface area is 109 Å². The lowest BCUT2D eigenvalue weighted by molar-refractivity contribution is 0.178. The molecule has 0 aromatic carbocycles. The molecule has 0 atom stereocenters. The summed E-state index contributed by atoms with van der Waals surface area (Å²) in [5.74, 6) is 2.04. The van der Waals surface area contributed by atoms with Crippen LogP contribution in [0, 0.1) is 0 Å². The van der Waals surface area contributed by atoms with E-state index in [1.54, 1.807) is 13.2 Å². The van der Waals surface area contributed by atoms with Crippen molar-refractivity contribution in [2.45, 2.75) is 13.0 Å². The van der Waals surface area contributed by atoms with Gasteiger partial charge in [0.2, 0.25) is 0 Å². The zero-order chi connectivity index (χ0) is 12.8. The predicted octanol–water partition coefficient (Wildman–Crippen LogP) is 1.05. The van der Waals surface area contributed by atoms with Crippen LogP contribution in [0.2, 0.25) is 5.15 Å². The van der Waals surface area contributed by atoms with Crippen LogP contribution in [-0.4, -0.2) is 38.8 Å². The van der Waals surface area contributed by atoms with Gasteiger partial charge in [0.25, 0.3) is 0 Å². The Kier molecular flexibility index (Phi) is 4.43. The van der Waals surface area contributed by atoms with Gasteiger partial charge in [-0.15, -0.1) is 0 Å². The summed E-state index contributed by atoms with van der Waals surface area (Å²) >= 11 is 5.89. The third-order valence-electron chi connectivity index (χ3n) is 2.15. The number of ether oxygens (including phenoxy) is 1. The fourth-order valence-electron chi connectivity index (χ4n) is 1.41. The zero-order valence-electron chi connectivity index (χ0n) is 9.85. The molecule has 0 fully saturated rings. The van der Waals surface area contributed by atoms with Crippen LogP contribution in [0.5, 0.6) is 0 Å². The first-order valence-electron chi connectivity index (χ1n) is 5.38. The molecule has 2 heterocycles. The summed E-state index contributed by atoms with van der Waals surface area (Å²) < 4.78 is 4.97. The molecule has 0 saturated carbocycles. The van der Waals surface area contributed by atoms with Crippen LogP contribution >= 0.6 is 11.6 Å². The Bertz CT molecular complexity index is 489. The van der Waals surface area contributed by atoms with Crippen LogP contribution in [0.3, 0.4) is 0 Å². The number of aromatic nitrogens is 5. The highest BCUT2D eigenvalue weighted by atomic mass is 35.5. The third-order valence-corrected chi connectivity index (χ3v) is 2.34. The van der Waals surface area contributed by atoms with Crippen LogP contribution in [-0.2, 0) is 17.8 Å². The van der Waals surface area contributed by atoms with Crippen molar-refractivity contribution in [3.8, 4) is 0 Å². The first-order chi connectivity index (χ1) is 8.78. The van der Waals surface area contributed by atoms with Crippen LogP contribution in [0.25, 0.3) is 0 Å². The van der Waals surface area contributed by atoms with E-state index < -0.39 is 0 Å². The number of halogens is 1. The SMILES string of the molecule is COCc1nc(Cl)cc(NCCc2ncn[nH]2)n1. The lowest BCUT2D eigenvalue weighted by Gasteiger charge is -2.06. The van der Waals surface area contributed by atoms with E-state index in [4.69, 9.17) is 16.3 Å². The van der Waals surface area contributed by atoms with E-state index in [9.17, 15) is 0 Å². The second kappa shape index (κ2) is 6.27. The average Bonchev–Trinajstić information content (AvgIpc) is 2.82. The van der Waals surface area contributed by atoms with Crippen molar-refractivity contribution < 1.29 is 4.74 Å². The van der Waals surface area contributed by atoms with Gasteiger partial charge in [0.15, 0.2) is 5.82 Å². The number of nitrogens with zero attached hydrogens (tertiary/aromatic N) is 4. The molecule has 18 heavy (non-hydrogen) atoms. The van der Waals surface area contributed by atoms with Crippen molar-refractivity contribution in [1.82, 2.24) is 25.1 Å². The summed E-state index contributed by atoms with van der Waals surface area (Å²) in [5.41, 5.74) is 0. The van der Waals surface area contributed by atoms with E-state index in [0.717, 1.165) is 12.2 Å². The van der Waals surface area contributed by atoms with Crippen molar-refractivity contribution in [3.05, 3.63) is 29.2 Å². The monoisotopic (exact) mass is 268 g/mol. The maximum absolute atomic E-state index is 5.89. The van der Waals surface area contributed by atoms with Crippen LogP contribution in [0.1, 0.15) is 11.6 Å². The van der Waals surface area contributed by atoms with Crippen molar-refractivity contribution in [2.24, 2.45) is 0 Å². The smallest absolute Gasteiger partial charge is 0.158 e. The Balaban J connectivity index is 1.92. The molecule has 2 aromatic rings. The largest absolute Gasteiger partial charge is 0.377 e. The Hall–Kier alpha value is -1.73. The lowest BCUT2D eigenvalue weighted by atomic mass is 10.4. The maximum atomic E-state index is 5.89. The first kappa shape index (κ1) is 12.7. The number of rotatable bonds is 6. The number of nitrogens with one attached hydrogen (secondary N) is 2. The van der Waals surface area contributed by atoms with Gasteiger partial charge in [-0.2, -0.15) is 5.10 Å². The van der Waals surface area contributed by atoms with Crippen LogP contribution in [0.15, 0.2) is 12.4 Å². The molecule has 0 spiro atoms. The van der Waals surface area contributed by atoms with Crippen molar-refractivity contribution in [2.75, 3.05) is 19.0 Å². The molecule has 0 saturated heterocycles. The molecule has 2 rings (SSSR count). The van der Waals surface area contributed by atoms with E-state index in [-0.39, 0.29) is 0 Å². The van der Waals surface area contributed by atoms with Gasteiger partial charge in [-0.05, 0) is 0 Å². The standard InChI is InChI=1S/C10H13ClN6O/c1-18-5-10-15-7(11)4-9(16-10)12-3-2-8-13-6-14-17-8/h4,6H,2-3,5H2,1H3,(H,12,15,16)(H,13,14,17). The number of anilines is 1. The van der Waals surface area contributed by atoms with E-state index >= 15 is 0 Å². The molecule has 0 unspecified atom stereocenters. The van der Waals surface area contributed by atoms with Crippen LogP contribution < -0.4 is 5.32 Å². The Morgan fingerprint density at radius 1 is 1.44 bits per heavy atom. The van der Waals surface area contributed by atoms with Gasteiger partial charge in [-0.25, -0.2) is 15.0 Å². The molecule has 0 radical (unpaired) electrons. The van der Waals surface area contributed by atoms with Gasteiger partial charge in [0, 0.05) is 26.1 Å². The quantitative estimate of drug-likeness (QED) is 0.761. The molecule has 96 valence electrons. The van der Waals surface area contributed by atoms with E-state index in [1.165, 1.54) is 6.33 Å². The second-order valence-corrected chi connectivity index (χ2v) is 3.92. The minimum absolute atomic E-state index is 0.331. The van der Waals surface area contributed by atoms with Gasteiger partial charge in [-0.3, -0.25) is 5.10 Å². The topological polar surface area (TPSA) is 88.6 Å². The highest BCUT2D eigenvalue weighted by molar-refractivity contribution is 6.29. The highest BCUT2D eigenvalue weighted by Gasteiger charge is 2.03. The van der Waals surface area contributed by atoms with E-state index in [2.05, 4.69) is 30.5 Å². The molecule has 0 aliphatic heterocycles. The molecule has 0 bridgehead atoms. The lowest BCUT2D eigenvalue weighted by Crippen LogP contribution is -2.09. The summed E-state index contributed by atoms with van der Waals surface area (Å²) in [6.07, 6.45) is 2.20. The van der Waals surface area contributed by atoms with Gasteiger partial charge < -0.3 is 10.1 Å². The molecule has 0 aliphatic carbocycles. The molecule has 0 aliphatic rings. The van der Waals surface area contributed by atoms with Gasteiger partial charge in [-0.1, -0.05) is 11.6 Å². The maximum Gasteiger partial charge on any atom is 0.158 e. The fourth-order valence-corrected chi connectivity index (χ4v) is 1.61. The fraction of sp³-hybridized carbons (Fsp3) is 0.400. The average molecular weight is 269 g/mol. The predicted molar refractivity (Wildman–Crippen MR) is 66.3 cm³/mol. The zero-order valence-corrected chi connectivity index (χ0v) is 10.6. The summed E-state index contributed by atoms with van der Waals surface area (Å²) in [6, 6.07) is 1.67. The molecule has 8 heteroatoms. The number of H-pyrrole nitrogens is 1. The second-order valence-electron chi connectivity index (χ2n) is 3.53. The molecular weight excluding hydrogens is 256 g/mol. The molecule has 7 nitrogen and oxygen atoms in total. The Morgan fingerprint density at radius 2 is 2.33 bits per heavy atom. The third kappa shape index (κ3) is 3.64. The van der Waals surface area contributed by atoms with Crippen LogP contribution in [0.4, 0.5) is 5.82 Å². The summed E-state index contributed by atoms with van der Waals surface area (Å²) in [4.78, 5) is 12.3. The minimum atomic E-state index is 0.331. The van der Waals surface area contributed by atoms with Crippen molar-refractivity contribution in [1.29, 1.82) is 0 Å². The van der Waals surface area contributed by atoms with Gasteiger partial charge >= 0.3 is 0 Å². The molecule has 2 N–H and O–H groups in total. The molecule has 2 aromatic heterocycles. The summed E-state index contributed by atoms with van der Waals surface area (Å²) in [5, 5.41) is 10.1. The van der Waals surface area contributed by atoms with Gasteiger partial charge in [0.1, 0.15) is 29.7 Å². The molecule has 0 amide bonds. The highest BCUT2D eigenvalue weighted by Crippen LogP contribution is 2.11. The number of aromatic amines is 1. The number of hydrogen-bond donors (Lipinski definition) is 2. The number of methoxy groups -OCH3 is 1. The number of hydrogen-bond acceptors (Lipinski definition) is 6. The first-order valence-corrected chi connectivity index (χ1v) is 5.76. The van der Waals surface area contributed by atoms with E-state index in [0.29, 0.717) is 29.9 Å². The van der Waals surface area contributed by atoms with Gasteiger partial charge in [0.05, 0.1) is 0 Å². The van der Waals surface area contributed by atoms with E-state index in [1.807, 2.05) is 0 Å².